The Bertz CT molecular complexity index is 1320. The number of fused-ring (bicyclic) bond motifs is 2. The Labute approximate surface area is 229 Å². The van der Waals surface area contributed by atoms with Crippen LogP contribution in [-0.2, 0) is 6.54 Å². The van der Waals surface area contributed by atoms with Gasteiger partial charge < -0.3 is 19.5 Å². The molecule has 0 bridgehead atoms. The number of hydrogen-bond acceptors (Lipinski definition) is 6. The molecule has 0 saturated heterocycles. The van der Waals surface area contributed by atoms with Crippen molar-refractivity contribution in [3.05, 3.63) is 70.1 Å². The zero-order chi connectivity index (χ0) is 26.4. The van der Waals surface area contributed by atoms with Crippen LogP contribution < -0.4 is 9.47 Å². The second-order valence-electron chi connectivity index (χ2n) is 9.21. The molecule has 0 aliphatic heterocycles. The quantitative estimate of drug-likeness (QED) is 0.142. The maximum atomic E-state index is 11.7. The van der Waals surface area contributed by atoms with E-state index in [-0.39, 0.29) is 0 Å². The Hall–Kier alpha value is -2.35. The van der Waals surface area contributed by atoms with Gasteiger partial charge in [-0.2, -0.15) is 0 Å². The molecule has 0 saturated carbocycles. The van der Waals surface area contributed by atoms with Crippen LogP contribution in [0.5, 0.6) is 11.5 Å². The number of benzene rings is 3. The van der Waals surface area contributed by atoms with Crippen LogP contribution in [0.15, 0.2) is 54.6 Å². The molecule has 7 heteroatoms. The maximum absolute atomic E-state index is 11.7. The topological polar surface area (TPSA) is 45.2 Å². The Kier molecular flexibility index (Phi) is 9.68. The van der Waals surface area contributed by atoms with Gasteiger partial charge in [-0.25, -0.2) is 0 Å². The first-order valence-corrected chi connectivity index (χ1v) is 14.1. The van der Waals surface area contributed by atoms with E-state index in [1.807, 2.05) is 12.1 Å². The van der Waals surface area contributed by atoms with E-state index in [2.05, 4.69) is 66.1 Å². The van der Waals surface area contributed by atoms with Gasteiger partial charge in [0.25, 0.3) is 0 Å². The number of aliphatic hydroxyl groups is 1. The van der Waals surface area contributed by atoms with Crippen LogP contribution in [0.3, 0.4) is 0 Å². The smallest absolute Gasteiger partial charge is 0.144 e. The minimum Gasteiger partial charge on any atom is -0.496 e. The van der Waals surface area contributed by atoms with E-state index >= 15 is 0 Å². The average molecular weight is 541 g/mol. The fraction of sp³-hybridized carbons (Fsp3) is 0.400. The second-order valence-corrected chi connectivity index (χ2v) is 10.6. The molecular formula is C30H37ClN2O3S. The predicted octanol–water partition coefficient (Wildman–Crippen LogP) is 7.34. The molecule has 0 spiro atoms. The summed E-state index contributed by atoms with van der Waals surface area (Å²) in [7, 11) is 3.28. The minimum atomic E-state index is -0.848. The summed E-state index contributed by atoms with van der Waals surface area (Å²) in [5.74, 6) is 1.40. The number of unbranched alkanes of at least 4 members (excludes halogenated alkanes) is 1. The first-order chi connectivity index (χ1) is 18.0. The highest BCUT2D eigenvalue weighted by Crippen LogP contribution is 2.47. The number of thiophene rings is 1. The molecule has 0 aliphatic carbocycles. The number of ether oxygens (including phenoxy) is 2. The van der Waals surface area contributed by atoms with E-state index in [1.54, 1.807) is 14.2 Å². The van der Waals surface area contributed by atoms with Crippen LogP contribution in [0.1, 0.15) is 43.4 Å². The Balaban J connectivity index is 1.64. The van der Waals surface area contributed by atoms with E-state index in [0.717, 1.165) is 60.4 Å². The maximum Gasteiger partial charge on any atom is 0.144 e. The van der Waals surface area contributed by atoms with Crippen molar-refractivity contribution in [2.24, 2.45) is 0 Å². The lowest BCUT2D eigenvalue weighted by Gasteiger charge is -2.28. The Morgan fingerprint density at radius 1 is 0.892 bits per heavy atom. The minimum absolute atomic E-state index is 0.523. The average Bonchev–Trinajstić information content (AvgIpc) is 3.28. The third-order valence-electron chi connectivity index (χ3n) is 7.02. The molecule has 1 aromatic heterocycles. The molecule has 37 heavy (non-hydrogen) atoms. The molecule has 1 heterocycles. The fourth-order valence-corrected chi connectivity index (χ4v) is 6.52. The van der Waals surface area contributed by atoms with Crippen LogP contribution >= 0.6 is 22.9 Å². The number of halogens is 1. The first kappa shape index (κ1) is 27.7. The monoisotopic (exact) mass is 540 g/mol. The number of hydrogen-bond donors (Lipinski definition) is 1. The SMILES string of the molecule is CCN(CC)CCCCN(Cc1ccc2ccccc2c1)C(O)c1sc2c(OC)ccc(OC)c2c1Cl. The zero-order valence-electron chi connectivity index (χ0n) is 22.2. The van der Waals surface area contributed by atoms with Crippen molar-refractivity contribution in [1.82, 2.24) is 9.80 Å². The molecule has 4 rings (SSSR count). The molecule has 0 radical (unpaired) electrons. The van der Waals surface area contributed by atoms with Crippen molar-refractivity contribution < 1.29 is 14.6 Å². The van der Waals surface area contributed by atoms with Crippen molar-refractivity contribution in [3.8, 4) is 11.5 Å². The van der Waals surface area contributed by atoms with E-state index in [1.165, 1.54) is 22.1 Å². The van der Waals surface area contributed by atoms with Crippen LogP contribution in [0.2, 0.25) is 5.02 Å². The number of rotatable bonds is 13. The molecule has 0 amide bonds. The summed E-state index contributed by atoms with van der Waals surface area (Å²) in [6, 6.07) is 18.6. The number of aliphatic hydroxyl groups excluding tert-OH is 1. The lowest BCUT2D eigenvalue weighted by atomic mass is 10.1. The molecule has 4 aromatic rings. The highest BCUT2D eigenvalue weighted by atomic mass is 35.5. The summed E-state index contributed by atoms with van der Waals surface area (Å²) in [4.78, 5) is 5.27. The zero-order valence-corrected chi connectivity index (χ0v) is 23.7. The molecule has 1 unspecified atom stereocenters. The largest absolute Gasteiger partial charge is 0.496 e. The number of methoxy groups -OCH3 is 2. The van der Waals surface area contributed by atoms with E-state index in [0.29, 0.717) is 22.2 Å². The molecule has 3 aromatic carbocycles. The molecule has 0 fully saturated rings. The van der Waals surface area contributed by atoms with Gasteiger partial charge in [0.1, 0.15) is 17.7 Å². The third-order valence-corrected chi connectivity index (χ3v) is 8.76. The van der Waals surface area contributed by atoms with E-state index in [9.17, 15) is 5.11 Å². The van der Waals surface area contributed by atoms with Crippen molar-refractivity contribution in [3.63, 3.8) is 0 Å². The molecular weight excluding hydrogens is 504 g/mol. The van der Waals surface area contributed by atoms with Crippen molar-refractivity contribution >= 4 is 43.8 Å². The Morgan fingerprint density at radius 3 is 2.27 bits per heavy atom. The normalized spacial score (nSPS) is 12.6. The summed E-state index contributed by atoms with van der Waals surface area (Å²) in [6.45, 7) is 8.95. The fourth-order valence-electron chi connectivity index (χ4n) is 4.84. The Morgan fingerprint density at radius 2 is 1.57 bits per heavy atom. The van der Waals surface area contributed by atoms with Crippen LogP contribution in [-0.4, -0.2) is 55.3 Å². The highest BCUT2D eigenvalue weighted by Gasteiger charge is 2.27. The van der Waals surface area contributed by atoms with Gasteiger partial charge in [0.05, 0.1) is 34.2 Å². The van der Waals surface area contributed by atoms with Gasteiger partial charge >= 0.3 is 0 Å². The summed E-state index contributed by atoms with van der Waals surface area (Å²) in [5, 5.41) is 15.4. The molecule has 5 nitrogen and oxygen atoms in total. The second kappa shape index (κ2) is 12.9. The summed E-state index contributed by atoms with van der Waals surface area (Å²) in [5.41, 5.74) is 1.16. The summed E-state index contributed by atoms with van der Waals surface area (Å²) >= 11 is 8.38. The van der Waals surface area contributed by atoms with Crippen molar-refractivity contribution in [2.75, 3.05) is 40.4 Å². The standard InChI is InChI=1S/C30H37ClN2O3S/c1-5-32(6-2)17-9-10-18-33(20-21-13-14-22-11-7-8-12-23(22)19-21)30(34)29-27(31)26-24(35-3)15-16-25(36-4)28(26)37-29/h7-8,11-16,19,30,34H,5-6,9-10,17-18,20H2,1-4H3. The molecule has 1 N–H and O–H groups in total. The third kappa shape index (κ3) is 6.21. The van der Waals surface area contributed by atoms with Gasteiger partial charge in [-0.3, -0.25) is 4.90 Å². The van der Waals surface area contributed by atoms with E-state index in [4.69, 9.17) is 21.1 Å². The van der Waals surface area contributed by atoms with Gasteiger partial charge in [-0.1, -0.05) is 61.8 Å². The molecule has 0 aliphatic rings. The molecule has 1 atom stereocenters. The predicted molar refractivity (Wildman–Crippen MR) is 156 cm³/mol. The van der Waals surface area contributed by atoms with Gasteiger partial charge in [-0.05, 0) is 67.0 Å². The first-order valence-electron chi connectivity index (χ1n) is 13.0. The van der Waals surface area contributed by atoms with Gasteiger partial charge in [0.2, 0.25) is 0 Å². The van der Waals surface area contributed by atoms with Crippen LogP contribution in [0, 0.1) is 0 Å². The summed E-state index contributed by atoms with van der Waals surface area (Å²) < 4.78 is 12.1. The summed E-state index contributed by atoms with van der Waals surface area (Å²) in [6.07, 6.45) is 1.21. The van der Waals surface area contributed by atoms with Crippen LogP contribution in [0.4, 0.5) is 0 Å². The highest BCUT2D eigenvalue weighted by molar-refractivity contribution is 7.20. The van der Waals surface area contributed by atoms with E-state index < -0.39 is 6.23 Å². The van der Waals surface area contributed by atoms with Gasteiger partial charge in [0.15, 0.2) is 0 Å². The van der Waals surface area contributed by atoms with Crippen LogP contribution in [0.25, 0.3) is 20.9 Å². The lowest BCUT2D eigenvalue weighted by molar-refractivity contribution is -0.00295. The molecule has 198 valence electrons. The van der Waals surface area contributed by atoms with Gasteiger partial charge in [-0.15, -0.1) is 11.3 Å². The lowest BCUT2D eigenvalue weighted by Crippen LogP contribution is -2.30. The van der Waals surface area contributed by atoms with Crippen molar-refractivity contribution in [1.29, 1.82) is 0 Å². The van der Waals surface area contributed by atoms with Crippen molar-refractivity contribution in [2.45, 2.75) is 39.5 Å². The number of nitrogens with zero attached hydrogens (tertiary/aromatic N) is 2. The van der Waals surface area contributed by atoms with Gasteiger partial charge in [0, 0.05) is 13.1 Å².